The molecule has 1 aliphatic rings. The van der Waals surface area contributed by atoms with E-state index < -0.39 is 29.1 Å². The highest BCUT2D eigenvalue weighted by Crippen LogP contribution is 2.27. The lowest BCUT2D eigenvalue weighted by molar-refractivity contribution is 0.248. The predicted octanol–water partition coefficient (Wildman–Crippen LogP) is 0.437. The van der Waals surface area contributed by atoms with E-state index in [-0.39, 0.29) is 11.4 Å². The molecule has 0 fully saturated rings. The molecule has 21 heavy (non-hydrogen) atoms. The Morgan fingerprint density at radius 3 is 2.48 bits per heavy atom. The highest BCUT2D eigenvalue weighted by Gasteiger charge is 2.30. The molecule has 108 valence electrons. The molecule has 8 heteroatoms. The first-order valence-corrected chi connectivity index (χ1v) is 6.13. The van der Waals surface area contributed by atoms with E-state index in [1.807, 2.05) is 0 Å². The maximum Gasteiger partial charge on any atom is 0.329 e. The number of rotatable bonds is 1. The van der Waals surface area contributed by atoms with Crippen LogP contribution in [0.4, 0.5) is 15.0 Å². The van der Waals surface area contributed by atoms with E-state index in [0.29, 0.717) is 5.56 Å². The Labute approximate surface area is 117 Å². The van der Waals surface area contributed by atoms with Gasteiger partial charge in [-0.3, -0.25) is 19.7 Å². The van der Waals surface area contributed by atoms with Crippen molar-refractivity contribution >= 4 is 11.8 Å². The number of carbonyl (C=O) groups excluding carboxylic acids is 1. The molecule has 3 rings (SSSR count). The molecular weight excluding hydrogens is 279 g/mol. The monoisotopic (exact) mass is 290 g/mol. The van der Waals surface area contributed by atoms with E-state index in [1.165, 1.54) is 31.3 Å². The van der Waals surface area contributed by atoms with Crippen molar-refractivity contribution < 1.29 is 9.18 Å². The van der Waals surface area contributed by atoms with Crippen LogP contribution in [0.2, 0.25) is 0 Å². The zero-order valence-corrected chi connectivity index (χ0v) is 10.9. The number of H-pyrrole nitrogens is 1. The number of aromatic amines is 1. The minimum Gasteiger partial charge on any atom is -0.327 e. The van der Waals surface area contributed by atoms with Crippen LogP contribution >= 0.6 is 0 Å². The molecule has 1 aliphatic heterocycles. The number of hydrogen-bond donors (Lipinski definition) is 3. The summed E-state index contributed by atoms with van der Waals surface area (Å²) >= 11 is 0. The third kappa shape index (κ3) is 2.10. The summed E-state index contributed by atoms with van der Waals surface area (Å²) in [5.74, 6) is -0.296. The van der Waals surface area contributed by atoms with Crippen molar-refractivity contribution in [2.45, 2.75) is 6.04 Å². The van der Waals surface area contributed by atoms with Gasteiger partial charge in [0.05, 0.1) is 11.6 Å². The first-order chi connectivity index (χ1) is 9.97. The fourth-order valence-electron chi connectivity index (χ4n) is 2.31. The van der Waals surface area contributed by atoms with E-state index in [2.05, 4.69) is 15.6 Å². The zero-order chi connectivity index (χ0) is 15.1. The summed E-state index contributed by atoms with van der Waals surface area (Å²) in [6.45, 7) is 0. The summed E-state index contributed by atoms with van der Waals surface area (Å²) in [7, 11) is 1.43. The number of halogens is 1. The lowest BCUT2D eigenvalue weighted by atomic mass is 9.98. The Morgan fingerprint density at radius 1 is 1.14 bits per heavy atom. The van der Waals surface area contributed by atoms with Gasteiger partial charge in [-0.1, -0.05) is 12.1 Å². The average Bonchev–Trinajstić information content (AvgIpc) is 2.44. The number of anilines is 1. The topological polar surface area (TPSA) is 96.0 Å². The van der Waals surface area contributed by atoms with E-state index in [9.17, 15) is 18.8 Å². The summed E-state index contributed by atoms with van der Waals surface area (Å²) in [6, 6.07) is 4.11. The van der Waals surface area contributed by atoms with Crippen LogP contribution in [-0.2, 0) is 7.05 Å². The second kappa shape index (κ2) is 4.58. The fraction of sp³-hybridized carbons (Fsp3) is 0.154. The smallest absolute Gasteiger partial charge is 0.327 e. The Bertz CT molecular complexity index is 838. The van der Waals surface area contributed by atoms with Gasteiger partial charge >= 0.3 is 11.7 Å². The molecule has 0 saturated heterocycles. The highest BCUT2D eigenvalue weighted by atomic mass is 19.1. The van der Waals surface area contributed by atoms with Crippen molar-refractivity contribution in [1.82, 2.24) is 14.9 Å². The number of nitrogens with one attached hydrogen (secondary N) is 3. The molecule has 2 heterocycles. The lowest BCUT2D eigenvalue weighted by Gasteiger charge is -2.27. The summed E-state index contributed by atoms with van der Waals surface area (Å²) in [4.78, 5) is 37.6. The molecule has 3 N–H and O–H groups in total. The number of benzene rings is 1. The first-order valence-electron chi connectivity index (χ1n) is 6.13. The van der Waals surface area contributed by atoms with Crippen LogP contribution < -0.4 is 21.9 Å². The van der Waals surface area contributed by atoms with Gasteiger partial charge in [-0.05, 0) is 17.7 Å². The van der Waals surface area contributed by atoms with Gasteiger partial charge in [0, 0.05) is 7.05 Å². The van der Waals surface area contributed by atoms with Gasteiger partial charge in [0.15, 0.2) is 0 Å². The summed E-state index contributed by atoms with van der Waals surface area (Å²) in [5, 5.41) is 5.03. The van der Waals surface area contributed by atoms with Crippen LogP contribution in [0.1, 0.15) is 17.2 Å². The SMILES string of the molecule is Cn1c2c(c(=O)[nH]c1=O)[C@H](c1ccc(F)cc1)NC(=O)N2. The highest BCUT2D eigenvalue weighted by molar-refractivity contribution is 5.92. The maximum absolute atomic E-state index is 13.0. The summed E-state index contributed by atoms with van der Waals surface area (Å²) in [5.41, 5.74) is -0.492. The molecule has 2 aromatic rings. The Morgan fingerprint density at radius 2 is 1.81 bits per heavy atom. The number of urea groups is 1. The number of nitrogens with zero attached hydrogens (tertiary/aromatic N) is 1. The number of amides is 2. The first kappa shape index (κ1) is 13.1. The molecule has 2 amide bonds. The van der Waals surface area contributed by atoms with E-state index in [0.717, 1.165) is 4.57 Å². The van der Waals surface area contributed by atoms with Crippen molar-refractivity contribution in [1.29, 1.82) is 0 Å². The standard InChI is InChI=1S/C13H11FN4O3/c1-18-10-8(11(19)17-13(18)21)9(15-12(20)16-10)6-2-4-7(14)5-3-6/h2-5,9H,1H3,(H2,15,16,20)(H,17,19,21)/t9-/m0/s1. The second-order valence-corrected chi connectivity index (χ2v) is 4.66. The zero-order valence-electron chi connectivity index (χ0n) is 10.9. The Hall–Kier alpha value is -2.90. The van der Waals surface area contributed by atoms with Crippen LogP contribution in [0.25, 0.3) is 0 Å². The molecule has 0 aliphatic carbocycles. The van der Waals surface area contributed by atoms with Gasteiger partial charge < -0.3 is 5.32 Å². The van der Waals surface area contributed by atoms with Crippen LogP contribution in [0, 0.1) is 5.82 Å². The normalized spacial score (nSPS) is 16.9. The van der Waals surface area contributed by atoms with Crippen molar-refractivity contribution in [3.63, 3.8) is 0 Å². The third-order valence-corrected chi connectivity index (χ3v) is 3.36. The van der Waals surface area contributed by atoms with Gasteiger partial charge in [0.1, 0.15) is 11.6 Å². The second-order valence-electron chi connectivity index (χ2n) is 4.66. The van der Waals surface area contributed by atoms with Crippen molar-refractivity contribution in [2.75, 3.05) is 5.32 Å². The molecule has 0 radical (unpaired) electrons. The quantitative estimate of drug-likeness (QED) is 0.711. The summed E-state index contributed by atoms with van der Waals surface area (Å²) < 4.78 is 14.2. The number of hydrogen-bond acceptors (Lipinski definition) is 3. The fourth-order valence-corrected chi connectivity index (χ4v) is 2.31. The molecular formula is C13H11FN4O3. The number of aromatic nitrogens is 2. The van der Waals surface area contributed by atoms with Crippen molar-refractivity contribution in [2.24, 2.45) is 7.05 Å². The van der Waals surface area contributed by atoms with Crippen molar-refractivity contribution in [3.8, 4) is 0 Å². The average molecular weight is 290 g/mol. The van der Waals surface area contributed by atoms with Crippen LogP contribution in [0.3, 0.4) is 0 Å². The molecule has 0 unspecified atom stereocenters. The van der Waals surface area contributed by atoms with Gasteiger partial charge in [0.25, 0.3) is 5.56 Å². The van der Waals surface area contributed by atoms with Gasteiger partial charge in [-0.25, -0.2) is 14.0 Å². The summed E-state index contributed by atoms with van der Waals surface area (Å²) in [6.07, 6.45) is 0. The largest absolute Gasteiger partial charge is 0.329 e. The molecule has 0 spiro atoms. The van der Waals surface area contributed by atoms with Crippen LogP contribution in [-0.4, -0.2) is 15.6 Å². The minimum absolute atomic E-state index is 0.127. The predicted molar refractivity (Wildman–Crippen MR) is 72.7 cm³/mol. The van der Waals surface area contributed by atoms with Crippen LogP contribution in [0.5, 0.6) is 0 Å². The molecule has 1 aromatic carbocycles. The minimum atomic E-state index is -0.759. The number of carbonyl (C=O) groups is 1. The molecule has 7 nitrogen and oxygen atoms in total. The molecule has 1 aromatic heterocycles. The van der Waals surface area contributed by atoms with E-state index >= 15 is 0 Å². The van der Waals surface area contributed by atoms with E-state index in [4.69, 9.17) is 0 Å². The molecule has 0 saturated carbocycles. The van der Waals surface area contributed by atoms with E-state index in [1.54, 1.807) is 0 Å². The van der Waals surface area contributed by atoms with Crippen molar-refractivity contribution in [3.05, 3.63) is 62.0 Å². The lowest BCUT2D eigenvalue weighted by Crippen LogP contribution is -2.46. The van der Waals surface area contributed by atoms with Gasteiger partial charge in [-0.15, -0.1) is 0 Å². The molecule has 1 atom stereocenters. The van der Waals surface area contributed by atoms with Gasteiger partial charge in [-0.2, -0.15) is 0 Å². The number of fused-ring (bicyclic) bond motifs is 1. The maximum atomic E-state index is 13.0. The molecule has 0 bridgehead atoms. The van der Waals surface area contributed by atoms with Gasteiger partial charge in [0.2, 0.25) is 0 Å². The Balaban J connectivity index is 2.25. The Kier molecular flexibility index (Phi) is 2.86. The van der Waals surface area contributed by atoms with Crippen LogP contribution in [0.15, 0.2) is 33.9 Å². The third-order valence-electron chi connectivity index (χ3n) is 3.36.